The molecule has 0 heterocycles. The van der Waals surface area contributed by atoms with Gasteiger partial charge in [0.15, 0.2) is 5.54 Å². The number of aliphatic carboxylic acids is 1. The summed E-state index contributed by atoms with van der Waals surface area (Å²) in [6.07, 6.45) is 0.0560. The van der Waals surface area contributed by atoms with Gasteiger partial charge in [0.05, 0.1) is 7.11 Å². The fourth-order valence-corrected chi connectivity index (χ4v) is 3.39. The van der Waals surface area contributed by atoms with Gasteiger partial charge in [0.25, 0.3) is 0 Å². The lowest BCUT2D eigenvalue weighted by atomic mass is 9.76. The molecule has 142 valence electrons. The molecule has 1 rings (SSSR count). The SMILES string of the molecule is COc1ccc(C(CC(C)(C)C)(N[S@@+]([O-])C(C)(C)C)C(=O)O)c(F)c1. The van der Waals surface area contributed by atoms with Gasteiger partial charge in [-0.15, -0.1) is 4.72 Å². The maximum Gasteiger partial charge on any atom is 0.333 e. The lowest BCUT2D eigenvalue weighted by molar-refractivity contribution is -0.146. The number of nitrogens with one attached hydrogen (secondary N) is 1. The summed E-state index contributed by atoms with van der Waals surface area (Å²) >= 11 is -1.71. The Morgan fingerprint density at radius 2 is 1.84 bits per heavy atom. The van der Waals surface area contributed by atoms with Crippen molar-refractivity contribution < 1.29 is 23.6 Å². The average molecular weight is 373 g/mol. The van der Waals surface area contributed by atoms with Crippen molar-refractivity contribution in [1.29, 1.82) is 0 Å². The highest BCUT2D eigenvalue weighted by Crippen LogP contribution is 2.39. The molecule has 0 saturated heterocycles. The van der Waals surface area contributed by atoms with Crippen LogP contribution in [0.5, 0.6) is 5.75 Å². The minimum absolute atomic E-state index is 0.0560. The molecular formula is C18H28FNO4S. The number of methoxy groups -OCH3 is 1. The Labute approximate surface area is 152 Å². The van der Waals surface area contributed by atoms with Crippen LogP contribution in [0.1, 0.15) is 53.5 Å². The second-order valence-electron chi connectivity index (χ2n) is 8.28. The number of ether oxygens (including phenoxy) is 1. The first-order chi connectivity index (χ1) is 11.2. The van der Waals surface area contributed by atoms with Gasteiger partial charge >= 0.3 is 5.97 Å². The van der Waals surface area contributed by atoms with Crippen LogP contribution >= 0.6 is 0 Å². The summed E-state index contributed by atoms with van der Waals surface area (Å²) in [5, 5.41) is 10.0. The maximum atomic E-state index is 14.7. The predicted molar refractivity (Wildman–Crippen MR) is 97.4 cm³/mol. The molecule has 7 heteroatoms. The van der Waals surface area contributed by atoms with Gasteiger partial charge in [-0.2, -0.15) is 0 Å². The molecule has 0 bridgehead atoms. The quantitative estimate of drug-likeness (QED) is 0.745. The van der Waals surface area contributed by atoms with Gasteiger partial charge in [0.1, 0.15) is 16.3 Å². The second-order valence-corrected chi connectivity index (χ2v) is 10.2. The zero-order valence-corrected chi connectivity index (χ0v) is 16.7. The third-order valence-electron chi connectivity index (χ3n) is 3.62. The minimum atomic E-state index is -1.83. The van der Waals surface area contributed by atoms with Crippen molar-refractivity contribution in [3.63, 3.8) is 0 Å². The fourth-order valence-electron chi connectivity index (χ4n) is 2.50. The number of benzene rings is 1. The van der Waals surface area contributed by atoms with Crippen LogP contribution in [0.3, 0.4) is 0 Å². The summed E-state index contributed by atoms with van der Waals surface area (Å²) in [6.45, 7) is 10.7. The van der Waals surface area contributed by atoms with Gasteiger partial charge in [-0.1, -0.05) is 20.8 Å². The molecule has 0 saturated carbocycles. The van der Waals surface area contributed by atoms with Crippen molar-refractivity contribution in [2.24, 2.45) is 5.41 Å². The molecule has 2 N–H and O–H groups in total. The van der Waals surface area contributed by atoms with Crippen molar-refractivity contribution in [1.82, 2.24) is 4.72 Å². The summed E-state index contributed by atoms with van der Waals surface area (Å²) in [4.78, 5) is 12.3. The van der Waals surface area contributed by atoms with E-state index in [-0.39, 0.29) is 17.7 Å². The highest BCUT2D eigenvalue weighted by atomic mass is 32.2. The van der Waals surface area contributed by atoms with Gasteiger partial charge in [-0.05, 0) is 44.7 Å². The molecule has 1 unspecified atom stereocenters. The Bertz CT molecular complexity index is 624. The van der Waals surface area contributed by atoms with Crippen LogP contribution in [0.15, 0.2) is 18.2 Å². The number of halogens is 1. The van der Waals surface area contributed by atoms with Crippen LogP contribution in [0, 0.1) is 11.2 Å². The molecule has 0 spiro atoms. The van der Waals surface area contributed by atoms with E-state index in [1.54, 1.807) is 20.8 Å². The lowest BCUT2D eigenvalue weighted by Gasteiger charge is -2.38. The van der Waals surface area contributed by atoms with E-state index in [2.05, 4.69) is 4.72 Å². The largest absolute Gasteiger partial charge is 0.598 e. The van der Waals surface area contributed by atoms with Crippen molar-refractivity contribution in [2.75, 3.05) is 7.11 Å². The highest BCUT2D eigenvalue weighted by molar-refractivity contribution is 7.90. The van der Waals surface area contributed by atoms with Crippen molar-refractivity contribution in [2.45, 2.75) is 58.2 Å². The molecule has 0 aliphatic carbocycles. The molecule has 0 amide bonds. The summed E-state index contributed by atoms with van der Waals surface area (Å²) in [6, 6.07) is 4.01. The molecule has 0 radical (unpaired) electrons. The molecule has 0 aromatic heterocycles. The van der Waals surface area contributed by atoms with Crippen LogP contribution in [-0.4, -0.2) is 27.5 Å². The van der Waals surface area contributed by atoms with E-state index < -0.39 is 38.8 Å². The Kier molecular flexibility index (Phi) is 6.53. The summed E-state index contributed by atoms with van der Waals surface area (Å²) in [5.41, 5.74) is -2.35. The number of carboxylic acid groups (broad SMARTS) is 1. The Morgan fingerprint density at radius 3 is 2.20 bits per heavy atom. The third kappa shape index (κ3) is 5.33. The molecule has 0 aliphatic rings. The number of carboxylic acids is 1. The van der Waals surface area contributed by atoms with E-state index in [9.17, 15) is 18.8 Å². The van der Waals surface area contributed by atoms with Gasteiger partial charge < -0.3 is 14.4 Å². The monoisotopic (exact) mass is 373 g/mol. The standard InChI is InChI=1S/C18H28FNO4S/c1-16(2,3)11-18(15(21)22,20-25(23)17(4,5)6)13-9-8-12(24-7)10-14(13)19/h8-10,20H,11H2,1-7H3,(H,21,22)/t18?,25-/m0/s1. The molecule has 1 aromatic carbocycles. The topological polar surface area (TPSA) is 81.6 Å². The summed E-state index contributed by atoms with van der Waals surface area (Å²) in [7, 11) is 1.40. The zero-order valence-electron chi connectivity index (χ0n) is 15.9. The second kappa shape index (κ2) is 7.51. The normalized spacial score (nSPS) is 16.2. The average Bonchev–Trinajstić information content (AvgIpc) is 2.43. The number of hydrogen-bond donors (Lipinski definition) is 2. The lowest BCUT2D eigenvalue weighted by Crippen LogP contribution is -2.57. The van der Waals surface area contributed by atoms with Crippen LogP contribution in [0.2, 0.25) is 0 Å². The molecule has 1 aromatic rings. The van der Waals surface area contributed by atoms with Crippen LogP contribution in [0.25, 0.3) is 0 Å². The maximum absolute atomic E-state index is 14.7. The van der Waals surface area contributed by atoms with Gasteiger partial charge in [0.2, 0.25) is 0 Å². The van der Waals surface area contributed by atoms with Crippen LogP contribution < -0.4 is 9.46 Å². The smallest absolute Gasteiger partial charge is 0.333 e. The number of carbonyl (C=O) groups is 1. The van der Waals surface area contributed by atoms with E-state index in [0.717, 1.165) is 6.07 Å². The molecule has 0 fully saturated rings. The Balaban J connectivity index is 3.57. The van der Waals surface area contributed by atoms with E-state index in [4.69, 9.17) is 4.74 Å². The fraction of sp³-hybridized carbons (Fsp3) is 0.611. The Hall–Kier alpha value is -1.31. The van der Waals surface area contributed by atoms with E-state index in [1.165, 1.54) is 19.2 Å². The highest BCUT2D eigenvalue weighted by Gasteiger charge is 2.50. The van der Waals surface area contributed by atoms with E-state index in [1.807, 2.05) is 20.8 Å². The number of rotatable bonds is 6. The zero-order chi connectivity index (χ0) is 19.6. The van der Waals surface area contributed by atoms with Gasteiger partial charge in [0, 0.05) is 23.0 Å². The molecule has 2 atom stereocenters. The molecule has 0 aliphatic heterocycles. The first-order valence-electron chi connectivity index (χ1n) is 8.00. The molecule has 25 heavy (non-hydrogen) atoms. The van der Waals surface area contributed by atoms with Crippen molar-refractivity contribution in [3.05, 3.63) is 29.6 Å². The third-order valence-corrected chi connectivity index (χ3v) is 5.27. The predicted octanol–water partition coefficient (Wildman–Crippen LogP) is 3.60. The first kappa shape index (κ1) is 21.7. The van der Waals surface area contributed by atoms with Gasteiger partial charge in [-0.3, -0.25) is 0 Å². The first-order valence-corrected chi connectivity index (χ1v) is 9.15. The molecular weight excluding hydrogens is 345 g/mol. The van der Waals surface area contributed by atoms with E-state index >= 15 is 0 Å². The summed E-state index contributed by atoms with van der Waals surface area (Å²) in [5.74, 6) is -1.71. The summed E-state index contributed by atoms with van der Waals surface area (Å²) < 4.78 is 34.4. The molecule has 5 nitrogen and oxygen atoms in total. The van der Waals surface area contributed by atoms with Crippen molar-refractivity contribution >= 4 is 17.3 Å². The number of hydrogen-bond acceptors (Lipinski definition) is 4. The van der Waals surface area contributed by atoms with Crippen LogP contribution in [0.4, 0.5) is 4.39 Å². The van der Waals surface area contributed by atoms with Gasteiger partial charge in [-0.25, -0.2) is 9.18 Å². The Morgan fingerprint density at radius 1 is 1.28 bits per heavy atom. The minimum Gasteiger partial charge on any atom is -0.598 e. The van der Waals surface area contributed by atoms with Crippen LogP contribution in [-0.2, 0) is 21.7 Å². The van der Waals surface area contributed by atoms with Crippen molar-refractivity contribution in [3.8, 4) is 5.75 Å². The van der Waals surface area contributed by atoms with E-state index in [0.29, 0.717) is 0 Å².